The van der Waals surface area contributed by atoms with Gasteiger partial charge in [0, 0.05) is 49.3 Å². The number of hydrogen-bond acceptors (Lipinski definition) is 14. The van der Waals surface area contributed by atoms with Crippen LogP contribution in [-0.4, -0.2) is 53.1 Å². The summed E-state index contributed by atoms with van der Waals surface area (Å²) in [7, 11) is -3.97. The van der Waals surface area contributed by atoms with Gasteiger partial charge in [-0.1, -0.05) is 60.7 Å². The predicted molar refractivity (Wildman–Crippen MR) is 237 cm³/mol. The molecule has 14 nitrogen and oxygen atoms in total. The molecule has 0 unspecified atom stereocenters. The molecule has 0 fully saturated rings. The molecule has 0 aliphatic carbocycles. The Labute approximate surface area is 361 Å². The first-order chi connectivity index (χ1) is 28.7. The number of hydrogen-bond donors (Lipinski definition) is 0. The molecule has 0 aliphatic rings. The largest absolute Gasteiger partial charge is 0.748 e. The highest BCUT2D eigenvalue weighted by molar-refractivity contribution is 7.85. The zero-order valence-corrected chi connectivity index (χ0v) is 37.3. The molecule has 18 heteroatoms. The van der Waals surface area contributed by atoms with E-state index in [9.17, 15) is 25.9 Å². The van der Waals surface area contributed by atoms with Crippen molar-refractivity contribution in [2.24, 2.45) is 20.5 Å². The number of benzene rings is 4. The Morgan fingerprint density at radius 3 is 1.20 bits per heavy atom. The molecule has 0 spiro atoms. The maximum Gasteiger partial charge on any atom is 0.408 e. The topological polar surface area (TPSA) is 178 Å². The van der Waals surface area contributed by atoms with Crippen molar-refractivity contribution in [3.63, 3.8) is 0 Å². The summed E-state index contributed by atoms with van der Waals surface area (Å²) in [6.45, 7) is 8.00. The third kappa shape index (κ3) is 17.5. The second kappa shape index (κ2) is 24.1. The summed E-state index contributed by atoms with van der Waals surface area (Å²) >= 11 is 3.20. The van der Waals surface area contributed by atoms with Crippen LogP contribution in [0.15, 0.2) is 153 Å². The lowest BCUT2D eigenvalue weighted by molar-refractivity contribution is -0.677. The van der Waals surface area contributed by atoms with Crippen LogP contribution in [0.25, 0.3) is 0 Å². The number of aromatic nitrogens is 2. The van der Waals surface area contributed by atoms with E-state index in [0.29, 0.717) is 11.1 Å². The number of azo groups is 2. The normalized spacial score (nSPS) is 11.5. The van der Waals surface area contributed by atoms with E-state index in [2.05, 4.69) is 91.6 Å². The second-order valence-electron chi connectivity index (χ2n) is 13.3. The fourth-order valence-electron chi connectivity index (χ4n) is 5.50. The zero-order chi connectivity index (χ0) is 43.4. The lowest BCUT2D eigenvalue weighted by atomic mass is 10.2. The van der Waals surface area contributed by atoms with Crippen LogP contribution in [0.4, 0.5) is 33.0 Å². The van der Waals surface area contributed by atoms with E-state index in [4.69, 9.17) is 0 Å². The summed E-state index contributed by atoms with van der Waals surface area (Å²) in [5, 5.41) is 23.5. The molecule has 0 amide bonds. The van der Waals surface area contributed by atoms with Gasteiger partial charge in [0.05, 0.1) is 55.1 Å². The highest BCUT2D eigenvalue weighted by atomic mass is 32.2. The molecular formula is C42H50N8O6S4. The summed E-state index contributed by atoms with van der Waals surface area (Å²) in [4.78, 5) is 4.59. The van der Waals surface area contributed by atoms with E-state index >= 15 is 0 Å². The molecule has 0 bridgehead atoms. The van der Waals surface area contributed by atoms with Crippen molar-refractivity contribution < 1.29 is 35.1 Å². The first kappa shape index (κ1) is 47.4. The fourth-order valence-corrected chi connectivity index (χ4v) is 8.18. The summed E-state index contributed by atoms with van der Waals surface area (Å²) in [6.07, 6.45) is 6.30. The summed E-state index contributed by atoms with van der Waals surface area (Å²) in [5.41, 5.74) is 5.17. The van der Waals surface area contributed by atoms with Gasteiger partial charge in [-0.25, -0.2) is 26.0 Å². The minimum atomic E-state index is -4.13. The Hall–Kier alpha value is -5.24. The van der Waals surface area contributed by atoms with Gasteiger partial charge in [0.2, 0.25) is 0 Å². The van der Waals surface area contributed by atoms with Gasteiger partial charge in [-0.15, -0.1) is 0 Å². The molecule has 318 valence electrons. The Balaban J connectivity index is 0.000000291. The van der Waals surface area contributed by atoms with Crippen molar-refractivity contribution in [2.45, 2.75) is 51.3 Å². The summed E-state index contributed by atoms with van der Waals surface area (Å²) < 4.78 is 65.6. The molecule has 2 heterocycles. The molecule has 0 saturated heterocycles. The van der Waals surface area contributed by atoms with Gasteiger partial charge in [0.15, 0.2) is 0 Å². The Bertz CT molecular complexity index is 2270. The van der Waals surface area contributed by atoms with Crippen molar-refractivity contribution in [2.75, 3.05) is 37.0 Å². The first-order valence-corrected chi connectivity index (χ1v) is 24.0. The van der Waals surface area contributed by atoms with E-state index in [1.165, 1.54) is 11.4 Å². The Morgan fingerprint density at radius 2 is 0.883 bits per heavy atom. The monoisotopic (exact) mass is 890 g/mol. The number of aryl methyl sites for hydroxylation is 2. The quantitative estimate of drug-likeness (QED) is 0.0377. The van der Waals surface area contributed by atoms with Crippen LogP contribution in [-0.2, 0) is 44.8 Å². The van der Waals surface area contributed by atoms with Crippen LogP contribution in [0.2, 0.25) is 0 Å². The van der Waals surface area contributed by atoms with Crippen LogP contribution >= 0.6 is 22.7 Å². The maximum absolute atomic E-state index is 10.2. The third-order valence-corrected chi connectivity index (χ3v) is 11.6. The molecule has 60 heavy (non-hydrogen) atoms. The smallest absolute Gasteiger partial charge is 0.408 e. The van der Waals surface area contributed by atoms with Crippen LogP contribution in [0.5, 0.6) is 0 Å². The first-order valence-electron chi connectivity index (χ1n) is 19.1. The highest BCUT2D eigenvalue weighted by Crippen LogP contribution is 2.24. The van der Waals surface area contributed by atoms with Crippen molar-refractivity contribution in [1.82, 2.24) is 0 Å². The maximum atomic E-state index is 10.2. The minimum absolute atomic E-state index is 0.423. The number of thiazole rings is 2. The van der Waals surface area contributed by atoms with E-state index in [1.54, 1.807) is 83.3 Å². The number of anilines is 2. The molecule has 0 N–H and O–H groups in total. The number of nitrogens with zero attached hydrogens (tertiary/aromatic N) is 8. The minimum Gasteiger partial charge on any atom is -0.748 e. The summed E-state index contributed by atoms with van der Waals surface area (Å²) in [5.74, 6) is -0.846. The molecule has 0 saturated carbocycles. The molecule has 0 radical (unpaired) electrons. The van der Waals surface area contributed by atoms with Crippen LogP contribution < -0.4 is 18.9 Å². The fraction of sp³-hybridized carbons (Fsp3) is 0.286. The SMILES string of the molecule is CC[n+]1ccsc1N=Nc1ccc(N(C)CCCCN(C)c2ccc(N=Nc3scc[n+]3CC)cc2)cc1.O=S(=O)([O-])Cc1ccccc1.O=S(=O)([O-])Cc1ccccc1. The number of rotatable bonds is 17. The lowest BCUT2D eigenvalue weighted by Crippen LogP contribution is -2.28. The van der Waals surface area contributed by atoms with Crippen LogP contribution in [0.1, 0.15) is 37.8 Å². The van der Waals surface area contributed by atoms with Gasteiger partial charge in [-0.05, 0) is 119 Å². The van der Waals surface area contributed by atoms with E-state index in [1.807, 2.05) is 47.4 Å². The van der Waals surface area contributed by atoms with Gasteiger partial charge in [-0.3, -0.25) is 0 Å². The highest BCUT2D eigenvalue weighted by Gasteiger charge is 2.11. The van der Waals surface area contributed by atoms with Crippen LogP contribution in [0.3, 0.4) is 0 Å². The van der Waals surface area contributed by atoms with E-state index in [0.717, 1.165) is 60.7 Å². The van der Waals surface area contributed by atoms with Crippen molar-refractivity contribution >= 4 is 75.9 Å². The van der Waals surface area contributed by atoms with Gasteiger partial charge >= 0.3 is 10.3 Å². The van der Waals surface area contributed by atoms with E-state index < -0.39 is 31.7 Å². The third-order valence-electron chi connectivity index (χ3n) is 8.69. The number of unbranched alkanes of at least 4 members (excludes halogenated alkanes) is 1. The molecule has 6 aromatic rings. The van der Waals surface area contributed by atoms with Crippen molar-refractivity contribution in [1.29, 1.82) is 0 Å². The van der Waals surface area contributed by atoms with E-state index in [-0.39, 0.29) is 0 Å². The lowest BCUT2D eigenvalue weighted by Gasteiger charge is -2.22. The van der Waals surface area contributed by atoms with Gasteiger partial charge in [0.25, 0.3) is 0 Å². The summed E-state index contributed by atoms with van der Waals surface area (Å²) in [6, 6.07) is 33.3. The molecule has 4 aromatic carbocycles. The Kier molecular flexibility index (Phi) is 19.1. The van der Waals surface area contributed by atoms with Crippen molar-refractivity contribution in [3.8, 4) is 0 Å². The molecule has 0 atom stereocenters. The molecular weight excluding hydrogens is 841 g/mol. The molecule has 6 rings (SSSR count). The average molecular weight is 891 g/mol. The zero-order valence-electron chi connectivity index (χ0n) is 34.0. The Morgan fingerprint density at radius 1 is 0.533 bits per heavy atom. The predicted octanol–water partition coefficient (Wildman–Crippen LogP) is 9.07. The molecule has 0 aliphatic heterocycles. The van der Waals surface area contributed by atoms with Gasteiger partial charge in [0.1, 0.15) is 23.8 Å². The molecule has 2 aromatic heterocycles. The van der Waals surface area contributed by atoms with Crippen LogP contribution in [0, 0.1) is 0 Å². The van der Waals surface area contributed by atoms with Gasteiger partial charge < -0.3 is 18.9 Å². The average Bonchev–Trinajstić information content (AvgIpc) is 3.90. The standard InChI is InChI=1S/C28H36N8S2.2C7H8O3S/c1-5-35-19-21-37-27(35)31-29-23-9-13-25(14-10-23)33(3)17-7-8-18-34(4)26-15-11-24(12-16-26)30-32-28-36(6-2)20-22-38-28;2*8-11(9,10)6-7-4-2-1-3-5-7/h9-16,19-22H,5-8,17-18H2,1-4H3;2*1-5H,6H2,(H,8,9,10)/q+2;;/p-2. The van der Waals surface area contributed by atoms with Crippen molar-refractivity contribution in [3.05, 3.63) is 143 Å². The van der Waals surface area contributed by atoms with Gasteiger partial charge in [-0.2, -0.15) is 0 Å². The second-order valence-corrected chi connectivity index (χ2v) is 17.9.